The molecule has 0 saturated carbocycles. The summed E-state index contributed by atoms with van der Waals surface area (Å²) in [6, 6.07) is 2.82. The molecule has 0 saturated heterocycles. The second kappa shape index (κ2) is 5.06. The van der Waals surface area contributed by atoms with Crippen molar-refractivity contribution < 1.29 is 5.11 Å². The first-order valence-corrected chi connectivity index (χ1v) is 4.81. The van der Waals surface area contributed by atoms with Crippen molar-refractivity contribution >= 4 is 0 Å². The molecule has 0 spiro atoms. The van der Waals surface area contributed by atoms with Gasteiger partial charge in [-0.1, -0.05) is 11.2 Å². The monoisotopic (exact) mass is 231 g/mol. The van der Waals surface area contributed by atoms with E-state index in [-0.39, 0.29) is 6.61 Å². The maximum Gasteiger partial charge on any atom is 0.155 e. The molecular weight excluding hydrogens is 222 g/mol. The summed E-state index contributed by atoms with van der Waals surface area (Å²) in [6.45, 7) is -0.256. The van der Waals surface area contributed by atoms with Crippen LogP contribution < -0.4 is 0 Å². The maximum absolute atomic E-state index is 9.04. The van der Waals surface area contributed by atoms with Gasteiger partial charge in [0, 0.05) is 11.1 Å². The summed E-state index contributed by atoms with van der Waals surface area (Å²) in [5.41, 5.74) is 8.99. The molecule has 1 unspecified atom stereocenters. The Balaban J connectivity index is 2.26. The molecule has 8 nitrogen and oxygen atoms in total. The highest BCUT2D eigenvalue weighted by atomic mass is 16.3. The van der Waals surface area contributed by atoms with Crippen LogP contribution in [0.3, 0.4) is 0 Å². The molecule has 1 atom stereocenters. The van der Waals surface area contributed by atoms with Crippen LogP contribution >= 0.6 is 0 Å². The molecule has 0 amide bonds. The van der Waals surface area contributed by atoms with E-state index in [2.05, 4.69) is 25.1 Å². The van der Waals surface area contributed by atoms with Crippen LogP contribution in [0, 0.1) is 0 Å². The SMILES string of the molecule is [N-]=[N+]=NC(CO)c1ccc(-n2cncn2)nc1. The van der Waals surface area contributed by atoms with Gasteiger partial charge in [0.15, 0.2) is 5.82 Å². The molecule has 2 rings (SSSR count). The van der Waals surface area contributed by atoms with E-state index in [9.17, 15) is 0 Å². The maximum atomic E-state index is 9.04. The minimum Gasteiger partial charge on any atom is -0.396 e. The number of hydrogen-bond acceptors (Lipinski definition) is 5. The summed E-state index contributed by atoms with van der Waals surface area (Å²) in [6.07, 6.45) is 4.47. The minimum atomic E-state index is -0.614. The van der Waals surface area contributed by atoms with Gasteiger partial charge in [0.1, 0.15) is 12.7 Å². The van der Waals surface area contributed by atoms with E-state index in [1.807, 2.05) is 0 Å². The minimum absolute atomic E-state index is 0.256. The van der Waals surface area contributed by atoms with Crippen LogP contribution in [0.5, 0.6) is 0 Å². The number of aliphatic hydroxyl groups excluding tert-OH is 1. The molecule has 0 fully saturated rings. The highest BCUT2D eigenvalue weighted by molar-refractivity contribution is 5.25. The highest BCUT2D eigenvalue weighted by Crippen LogP contribution is 2.16. The highest BCUT2D eigenvalue weighted by Gasteiger charge is 2.08. The molecule has 86 valence electrons. The van der Waals surface area contributed by atoms with Gasteiger partial charge in [0.25, 0.3) is 0 Å². The van der Waals surface area contributed by atoms with Crippen molar-refractivity contribution in [1.29, 1.82) is 0 Å². The Morgan fingerprint density at radius 3 is 2.94 bits per heavy atom. The molecule has 2 aromatic heterocycles. The van der Waals surface area contributed by atoms with Gasteiger partial charge in [-0.15, -0.1) is 0 Å². The Bertz CT molecular complexity index is 515. The average molecular weight is 231 g/mol. The van der Waals surface area contributed by atoms with Crippen molar-refractivity contribution in [2.75, 3.05) is 6.61 Å². The number of pyridine rings is 1. The van der Waals surface area contributed by atoms with Crippen LogP contribution in [0.1, 0.15) is 11.6 Å². The zero-order valence-electron chi connectivity index (χ0n) is 8.75. The normalized spacial score (nSPS) is 11.8. The second-order valence-electron chi connectivity index (χ2n) is 3.19. The fraction of sp³-hybridized carbons (Fsp3) is 0.222. The van der Waals surface area contributed by atoms with Crippen LogP contribution in [-0.2, 0) is 0 Å². The Morgan fingerprint density at radius 2 is 2.41 bits per heavy atom. The molecule has 1 N–H and O–H groups in total. The molecule has 0 radical (unpaired) electrons. The number of azide groups is 1. The van der Waals surface area contributed by atoms with Crippen molar-refractivity contribution in [1.82, 2.24) is 19.7 Å². The average Bonchev–Trinajstić information content (AvgIpc) is 2.90. The van der Waals surface area contributed by atoms with Gasteiger partial charge < -0.3 is 5.11 Å². The first kappa shape index (κ1) is 11.1. The van der Waals surface area contributed by atoms with E-state index in [4.69, 9.17) is 10.6 Å². The summed E-state index contributed by atoms with van der Waals surface area (Å²) in [4.78, 5) is 10.6. The number of rotatable bonds is 4. The third-order valence-electron chi connectivity index (χ3n) is 2.17. The van der Waals surface area contributed by atoms with Gasteiger partial charge in [-0.05, 0) is 17.2 Å². The molecule has 2 heterocycles. The molecular formula is C9H9N7O. The summed E-state index contributed by atoms with van der Waals surface area (Å²) >= 11 is 0. The van der Waals surface area contributed by atoms with E-state index in [0.29, 0.717) is 11.4 Å². The van der Waals surface area contributed by atoms with Gasteiger partial charge >= 0.3 is 0 Å². The fourth-order valence-electron chi connectivity index (χ4n) is 1.33. The molecule has 0 aromatic carbocycles. The lowest BCUT2D eigenvalue weighted by Gasteiger charge is -2.07. The zero-order chi connectivity index (χ0) is 12.1. The van der Waals surface area contributed by atoms with Crippen LogP contribution in [0.4, 0.5) is 0 Å². The summed E-state index contributed by atoms with van der Waals surface area (Å²) < 4.78 is 1.51. The van der Waals surface area contributed by atoms with Gasteiger partial charge in [-0.2, -0.15) is 5.10 Å². The van der Waals surface area contributed by atoms with Crippen molar-refractivity contribution in [3.05, 3.63) is 47.0 Å². The predicted molar refractivity (Wildman–Crippen MR) is 58.1 cm³/mol. The van der Waals surface area contributed by atoms with E-state index < -0.39 is 6.04 Å². The molecule has 0 aliphatic rings. The Kier molecular flexibility index (Phi) is 3.29. The number of aliphatic hydroxyl groups is 1. The van der Waals surface area contributed by atoms with Crippen molar-refractivity contribution in [3.63, 3.8) is 0 Å². The summed E-state index contributed by atoms with van der Waals surface area (Å²) in [7, 11) is 0. The van der Waals surface area contributed by atoms with Crippen molar-refractivity contribution in [2.45, 2.75) is 6.04 Å². The molecule has 8 heteroatoms. The fourth-order valence-corrected chi connectivity index (χ4v) is 1.33. The lowest BCUT2D eigenvalue weighted by atomic mass is 10.1. The van der Waals surface area contributed by atoms with Crippen molar-refractivity contribution in [2.24, 2.45) is 5.11 Å². The van der Waals surface area contributed by atoms with Crippen LogP contribution in [0.2, 0.25) is 0 Å². The number of hydrogen-bond donors (Lipinski definition) is 1. The number of nitrogens with zero attached hydrogens (tertiary/aromatic N) is 7. The summed E-state index contributed by atoms with van der Waals surface area (Å²) in [5.74, 6) is 0.601. The Labute approximate surface area is 96.2 Å². The molecule has 0 aliphatic heterocycles. The standard InChI is InChI=1S/C9H9N7O/c10-15-14-8(4-17)7-1-2-9(12-3-7)16-6-11-5-13-16/h1-3,5-6,8,17H,4H2. The van der Waals surface area contributed by atoms with Gasteiger partial charge in [-0.25, -0.2) is 14.6 Å². The molecule has 0 aliphatic carbocycles. The van der Waals surface area contributed by atoms with E-state index in [1.165, 1.54) is 23.5 Å². The third kappa shape index (κ3) is 2.39. The molecule has 0 bridgehead atoms. The first-order chi connectivity index (χ1) is 8.35. The van der Waals surface area contributed by atoms with Crippen molar-refractivity contribution in [3.8, 4) is 5.82 Å². The van der Waals surface area contributed by atoms with E-state index in [0.717, 1.165) is 0 Å². The lowest BCUT2D eigenvalue weighted by Crippen LogP contribution is -2.03. The first-order valence-electron chi connectivity index (χ1n) is 4.81. The molecule has 17 heavy (non-hydrogen) atoms. The van der Waals surface area contributed by atoms with Gasteiger partial charge in [-0.3, -0.25) is 0 Å². The zero-order valence-corrected chi connectivity index (χ0v) is 8.75. The van der Waals surface area contributed by atoms with E-state index in [1.54, 1.807) is 12.1 Å². The smallest absolute Gasteiger partial charge is 0.155 e. The van der Waals surface area contributed by atoms with Crippen LogP contribution in [0.15, 0.2) is 36.1 Å². The van der Waals surface area contributed by atoms with Gasteiger partial charge in [0.2, 0.25) is 0 Å². The van der Waals surface area contributed by atoms with Crippen LogP contribution in [-0.4, -0.2) is 31.5 Å². The summed E-state index contributed by atoms with van der Waals surface area (Å²) in [5, 5.41) is 16.4. The second-order valence-corrected chi connectivity index (χ2v) is 3.19. The van der Waals surface area contributed by atoms with Gasteiger partial charge in [0.05, 0.1) is 12.6 Å². The Morgan fingerprint density at radius 1 is 1.53 bits per heavy atom. The lowest BCUT2D eigenvalue weighted by molar-refractivity contribution is 0.267. The topological polar surface area (TPSA) is 113 Å². The third-order valence-corrected chi connectivity index (χ3v) is 2.17. The van der Waals surface area contributed by atoms with Crippen LogP contribution in [0.25, 0.3) is 16.3 Å². The quantitative estimate of drug-likeness (QED) is 0.480. The number of aromatic nitrogens is 4. The van der Waals surface area contributed by atoms with E-state index >= 15 is 0 Å². The Hall–Kier alpha value is -2.44. The molecule has 2 aromatic rings. The largest absolute Gasteiger partial charge is 0.396 e. The predicted octanol–water partition coefficient (Wildman–Crippen LogP) is 1.01.